The Morgan fingerprint density at radius 1 is 1.00 bits per heavy atom. The van der Waals surface area contributed by atoms with Crippen molar-refractivity contribution in [2.75, 3.05) is 49.1 Å². The monoisotopic (exact) mass is 419 g/mol. The first-order valence-electron chi connectivity index (χ1n) is 10.7. The van der Waals surface area contributed by atoms with E-state index < -0.39 is 0 Å². The van der Waals surface area contributed by atoms with Crippen LogP contribution in [0.2, 0.25) is 0 Å². The minimum Gasteiger partial charge on any atom is -0.355 e. The van der Waals surface area contributed by atoms with Crippen LogP contribution < -0.4 is 9.80 Å². The van der Waals surface area contributed by atoms with Gasteiger partial charge in [-0.2, -0.15) is 4.98 Å². The molecule has 3 aromatic heterocycles. The molecule has 5 rings (SSSR count). The lowest BCUT2D eigenvalue weighted by atomic mass is 10.2. The van der Waals surface area contributed by atoms with Crippen molar-refractivity contribution in [3.63, 3.8) is 0 Å². The van der Waals surface area contributed by atoms with Crippen molar-refractivity contribution in [1.82, 2.24) is 25.0 Å². The molecule has 9 heteroatoms. The maximum Gasteiger partial charge on any atom is 0.276 e. The summed E-state index contributed by atoms with van der Waals surface area (Å²) in [6.45, 7) is 6.69. The Morgan fingerprint density at radius 3 is 2.55 bits per heavy atom. The lowest BCUT2D eigenvalue weighted by molar-refractivity contribution is 0.0736. The molecule has 2 fully saturated rings. The van der Waals surface area contributed by atoms with Gasteiger partial charge in [-0.05, 0) is 31.9 Å². The molecule has 3 aromatic rings. The van der Waals surface area contributed by atoms with Crippen LogP contribution in [-0.2, 0) is 0 Å². The molecule has 0 aromatic carbocycles. The van der Waals surface area contributed by atoms with Crippen LogP contribution in [0, 0.1) is 6.92 Å². The molecule has 0 N–H and O–H groups in total. The van der Waals surface area contributed by atoms with Crippen LogP contribution in [0.4, 0.5) is 11.8 Å². The fraction of sp³-hybridized carbons (Fsp3) is 0.409. The third-order valence-corrected chi connectivity index (χ3v) is 5.78. The van der Waals surface area contributed by atoms with Gasteiger partial charge in [-0.3, -0.25) is 9.78 Å². The summed E-state index contributed by atoms with van der Waals surface area (Å²) in [7, 11) is 0. The second-order valence-corrected chi connectivity index (χ2v) is 7.96. The van der Waals surface area contributed by atoms with Gasteiger partial charge in [-0.15, -0.1) is 0 Å². The maximum absolute atomic E-state index is 12.9. The van der Waals surface area contributed by atoms with Gasteiger partial charge in [0.15, 0.2) is 11.5 Å². The molecule has 5 heterocycles. The van der Waals surface area contributed by atoms with Crippen molar-refractivity contribution >= 4 is 17.7 Å². The van der Waals surface area contributed by atoms with E-state index >= 15 is 0 Å². The number of rotatable bonds is 4. The Labute approximate surface area is 180 Å². The fourth-order valence-electron chi connectivity index (χ4n) is 4.08. The molecule has 9 nitrogen and oxygen atoms in total. The zero-order valence-corrected chi connectivity index (χ0v) is 17.6. The Hall–Kier alpha value is -3.49. The number of aryl methyl sites for hydroxylation is 1. The maximum atomic E-state index is 12.9. The van der Waals surface area contributed by atoms with Crippen molar-refractivity contribution in [1.29, 1.82) is 0 Å². The van der Waals surface area contributed by atoms with E-state index in [1.165, 1.54) is 12.8 Å². The van der Waals surface area contributed by atoms with Gasteiger partial charge in [0.05, 0.1) is 0 Å². The molecule has 0 spiro atoms. The summed E-state index contributed by atoms with van der Waals surface area (Å²) in [6.07, 6.45) is 5.77. The standard InChI is InChI=1S/C22H25N7O2/c1-16-13-20(25-22(24-16)29-7-2-3-8-29)27-9-11-28(12-10-27)21(30)18-14-19(31-26-18)17-5-4-6-23-15-17/h4-6,13-15H,2-3,7-12H2,1H3. The lowest BCUT2D eigenvalue weighted by Gasteiger charge is -2.35. The number of aromatic nitrogens is 4. The van der Waals surface area contributed by atoms with Gasteiger partial charge in [-0.25, -0.2) is 4.98 Å². The fourth-order valence-corrected chi connectivity index (χ4v) is 4.08. The first-order chi connectivity index (χ1) is 15.2. The highest BCUT2D eigenvalue weighted by Gasteiger charge is 2.26. The van der Waals surface area contributed by atoms with Crippen molar-refractivity contribution in [3.05, 3.63) is 48.0 Å². The third-order valence-electron chi connectivity index (χ3n) is 5.78. The van der Waals surface area contributed by atoms with Gasteiger partial charge in [-0.1, -0.05) is 5.16 Å². The second kappa shape index (κ2) is 8.33. The van der Waals surface area contributed by atoms with Crippen LogP contribution in [0.3, 0.4) is 0 Å². The number of hydrogen-bond acceptors (Lipinski definition) is 8. The summed E-state index contributed by atoms with van der Waals surface area (Å²) in [5, 5.41) is 3.98. The van der Waals surface area contributed by atoms with E-state index in [-0.39, 0.29) is 5.91 Å². The molecule has 0 unspecified atom stereocenters. The normalized spacial score (nSPS) is 16.7. The highest BCUT2D eigenvalue weighted by atomic mass is 16.5. The van der Waals surface area contributed by atoms with Crippen molar-refractivity contribution in [2.45, 2.75) is 19.8 Å². The number of carbonyl (C=O) groups excluding carboxylic acids is 1. The van der Waals surface area contributed by atoms with E-state index in [0.29, 0.717) is 24.5 Å². The van der Waals surface area contributed by atoms with Crippen LogP contribution in [0.15, 0.2) is 41.2 Å². The predicted molar refractivity (Wildman–Crippen MR) is 116 cm³/mol. The summed E-state index contributed by atoms with van der Waals surface area (Å²) in [5.41, 5.74) is 2.09. The number of piperazine rings is 1. The molecule has 160 valence electrons. The number of amides is 1. The molecule has 2 aliphatic rings. The summed E-state index contributed by atoms with van der Waals surface area (Å²) in [4.78, 5) is 32.7. The van der Waals surface area contributed by atoms with Crippen LogP contribution in [-0.4, -0.2) is 70.2 Å². The smallest absolute Gasteiger partial charge is 0.276 e. The van der Waals surface area contributed by atoms with Gasteiger partial charge in [0.25, 0.3) is 5.91 Å². The topological polar surface area (TPSA) is 91.5 Å². The predicted octanol–water partition coefficient (Wildman–Crippen LogP) is 2.40. The van der Waals surface area contributed by atoms with E-state index in [9.17, 15) is 4.79 Å². The summed E-state index contributed by atoms with van der Waals surface area (Å²) in [5.74, 6) is 2.18. The van der Waals surface area contributed by atoms with Crippen molar-refractivity contribution in [2.24, 2.45) is 0 Å². The largest absolute Gasteiger partial charge is 0.355 e. The summed E-state index contributed by atoms with van der Waals surface area (Å²) >= 11 is 0. The van der Waals surface area contributed by atoms with Crippen LogP contribution in [0.25, 0.3) is 11.3 Å². The highest BCUT2D eigenvalue weighted by molar-refractivity contribution is 5.93. The van der Waals surface area contributed by atoms with Gasteiger partial charge >= 0.3 is 0 Å². The molecule has 2 saturated heterocycles. The quantitative estimate of drug-likeness (QED) is 0.637. The zero-order chi connectivity index (χ0) is 21.2. The van der Waals surface area contributed by atoms with Gasteiger partial charge in [0, 0.05) is 75.1 Å². The van der Waals surface area contributed by atoms with E-state index in [4.69, 9.17) is 9.51 Å². The third kappa shape index (κ3) is 4.08. The molecule has 0 aliphatic carbocycles. The van der Waals surface area contributed by atoms with E-state index in [0.717, 1.165) is 49.2 Å². The molecular formula is C22H25N7O2. The average Bonchev–Trinajstić information content (AvgIpc) is 3.52. The van der Waals surface area contributed by atoms with Gasteiger partial charge < -0.3 is 19.2 Å². The van der Waals surface area contributed by atoms with E-state index in [1.54, 1.807) is 18.5 Å². The molecule has 2 aliphatic heterocycles. The molecule has 1 amide bonds. The van der Waals surface area contributed by atoms with Crippen molar-refractivity contribution < 1.29 is 9.32 Å². The minimum atomic E-state index is -0.116. The Kier molecular flexibility index (Phi) is 5.23. The zero-order valence-electron chi connectivity index (χ0n) is 17.6. The lowest BCUT2D eigenvalue weighted by Crippen LogP contribution is -2.49. The number of nitrogens with zero attached hydrogens (tertiary/aromatic N) is 7. The molecular weight excluding hydrogens is 394 g/mol. The molecule has 0 bridgehead atoms. The first kappa shape index (κ1) is 19.5. The minimum absolute atomic E-state index is 0.116. The molecule has 0 radical (unpaired) electrons. The Morgan fingerprint density at radius 2 is 1.81 bits per heavy atom. The van der Waals surface area contributed by atoms with Gasteiger partial charge in [0.1, 0.15) is 5.82 Å². The molecule has 0 saturated carbocycles. The number of anilines is 2. The van der Waals surface area contributed by atoms with Crippen LogP contribution in [0.1, 0.15) is 29.0 Å². The Bertz CT molecular complexity index is 1050. The summed E-state index contributed by atoms with van der Waals surface area (Å²) in [6, 6.07) is 7.40. The second-order valence-electron chi connectivity index (χ2n) is 7.96. The molecule has 0 atom stereocenters. The average molecular weight is 419 g/mol. The van der Waals surface area contributed by atoms with E-state index in [2.05, 4.69) is 24.9 Å². The van der Waals surface area contributed by atoms with Crippen LogP contribution >= 0.6 is 0 Å². The van der Waals surface area contributed by atoms with Crippen LogP contribution in [0.5, 0.6) is 0 Å². The van der Waals surface area contributed by atoms with E-state index in [1.807, 2.05) is 30.0 Å². The SMILES string of the molecule is Cc1cc(N2CCN(C(=O)c3cc(-c4cccnc4)on3)CC2)nc(N2CCCC2)n1. The van der Waals surface area contributed by atoms with Crippen molar-refractivity contribution in [3.8, 4) is 11.3 Å². The number of pyridine rings is 1. The summed E-state index contributed by atoms with van der Waals surface area (Å²) < 4.78 is 5.36. The number of hydrogen-bond donors (Lipinski definition) is 0. The van der Waals surface area contributed by atoms with Gasteiger partial charge in [0.2, 0.25) is 5.95 Å². The molecule has 31 heavy (non-hydrogen) atoms. The Balaban J connectivity index is 1.25. The highest BCUT2D eigenvalue weighted by Crippen LogP contribution is 2.23. The first-order valence-corrected chi connectivity index (χ1v) is 10.7. The number of carbonyl (C=O) groups is 1.